The maximum atomic E-state index is 12.1. The number of aromatic hydroxyl groups is 2. The molecular formula is C89H93Cl3N20O8. The van der Waals surface area contributed by atoms with Gasteiger partial charge in [0, 0.05) is 113 Å². The van der Waals surface area contributed by atoms with Crippen LogP contribution in [0.15, 0.2) is 159 Å². The molecule has 13 heterocycles. The van der Waals surface area contributed by atoms with Gasteiger partial charge in [0.1, 0.15) is 66.0 Å². The molecule has 4 N–H and O–H groups in total. The number of phenols is 2. The number of halogens is 3. The molecule has 0 bridgehead atoms. The van der Waals surface area contributed by atoms with Crippen LogP contribution in [0.5, 0.6) is 29.5 Å². The summed E-state index contributed by atoms with van der Waals surface area (Å²) in [4.78, 5) is 103. The molecule has 0 saturated carbocycles. The number of likely N-dealkylation sites (tertiary alicyclic amines) is 3. The van der Waals surface area contributed by atoms with Crippen LogP contribution in [0.3, 0.4) is 0 Å². The number of nitrogen functional groups attached to an aromatic ring is 1. The van der Waals surface area contributed by atoms with E-state index in [2.05, 4.69) is 75.3 Å². The van der Waals surface area contributed by atoms with Gasteiger partial charge in [0.15, 0.2) is 16.9 Å². The smallest absolute Gasteiger partial charge is 0.320 e. The molecular weight excluding hydrogens is 1580 g/mol. The van der Waals surface area contributed by atoms with E-state index in [1.54, 1.807) is 39.0 Å². The topological polar surface area (TPSA) is 303 Å². The first-order valence-electron chi connectivity index (χ1n) is 40.5. The Morgan fingerprint density at radius 3 is 1.04 bits per heavy atom. The van der Waals surface area contributed by atoms with Gasteiger partial charge in [-0.25, -0.2) is 19.9 Å². The lowest BCUT2D eigenvalue weighted by molar-refractivity contribution is -0.127. The maximum Gasteiger partial charge on any atom is 0.320 e. The van der Waals surface area contributed by atoms with Gasteiger partial charge in [-0.2, -0.15) is 29.9 Å². The number of hydrogen-bond acceptors (Lipinski definition) is 25. The molecule has 28 nitrogen and oxygen atoms in total. The Labute approximate surface area is 709 Å². The number of rotatable bonds is 18. The molecule has 0 unspecified atom stereocenters. The number of hydrogen-bond donors (Lipinski definition) is 3. The molecule has 6 saturated heterocycles. The minimum absolute atomic E-state index is 0.0758. The summed E-state index contributed by atoms with van der Waals surface area (Å²) in [5, 5.41) is 29.7. The van der Waals surface area contributed by atoms with Crippen molar-refractivity contribution >= 4 is 141 Å². The van der Waals surface area contributed by atoms with E-state index < -0.39 is 0 Å². The number of fused-ring (bicyclic) bond motifs is 6. The minimum Gasteiger partial charge on any atom is -0.508 e. The Kier molecular flexibility index (Phi) is 24.5. The van der Waals surface area contributed by atoms with E-state index in [-0.39, 0.29) is 47.3 Å². The summed E-state index contributed by atoms with van der Waals surface area (Å²) in [5.41, 5.74) is 11.1. The van der Waals surface area contributed by atoms with Crippen molar-refractivity contribution in [2.45, 2.75) is 56.7 Å². The number of amides is 3. The molecule has 618 valence electrons. The molecule has 31 heteroatoms. The Bertz CT molecular complexity index is 5380. The Balaban J connectivity index is 0.000000134. The highest BCUT2D eigenvalue weighted by Crippen LogP contribution is 2.43. The van der Waals surface area contributed by atoms with Crippen LogP contribution in [0, 0.1) is 0 Å². The predicted molar refractivity (Wildman–Crippen MR) is 472 cm³/mol. The third kappa shape index (κ3) is 17.6. The second-order valence-electron chi connectivity index (χ2n) is 30.9. The van der Waals surface area contributed by atoms with Crippen molar-refractivity contribution < 1.29 is 38.8 Å². The first kappa shape index (κ1) is 81.8. The molecule has 3 amide bonds. The first-order valence-corrected chi connectivity index (χ1v) is 41.6. The predicted octanol–water partition coefficient (Wildman–Crippen LogP) is 12.8. The molecule has 18 rings (SSSR count). The molecule has 6 aliphatic heterocycles. The van der Waals surface area contributed by atoms with Crippen LogP contribution in [0.25, 0.3) is 99.3 Å². The monoisotopic (exact) mass is 1670 g/mol. The highest BCUT2D eigenvalue weighted by Gasteiger charge is 2.32. The highest BCUT2D eigenvalue weighted by molar-refractivity contribution is 6.35. The summed E-state index contributed by atoms with van der Waals surface area (Å²) in [6, 6.07) is 39.3. The molecule has 0 aliphatic carbocycles. The van der Waals surface area contributed by atoms with Crippen molar-refractivity contribution in [3.63, 3.8) is 0 Å². The lowest BCUT2D eigenvalue weighted by Gasteiger charge is -2.35. The van der Waals surface area contributed by atoms with E-state index in [9.17, 15) is 24.6 Å². The average Bonchev–Trinajstić information content (AvgIpc) is 0.906. The van der Waals surface area contributed by atoms with Crippen LogP contribution >= 0.6 is 34.8 Å². The van der Waals surface area contributed by atoms with E-state index in [1.807, 2.05) is 97.1 Å². The number of carbonyl (C=O) groups is 3. The van der Waals surface area contributed by atoms with Crippen molar-refractivity contribution in [1.29, 1.82) is 0 Å². The van der Waals surface area contributed by atoms with Crippen molar-refractivity contribution in [2.24, 2.45) is 0 Å². The number of nitrogens with two attached hydrogens (primary N) is 1. The van der Waals surface area contributed by atoms with Crippen LogP contribution in [-0.2, 0) is 14.4 Å². The Morgan fingerprint density at radius 2 is 0.708 bits per heavy atom. The summed E-state index contributed by atoms with van der Waals surface area (Å²) < 4.78 is 18.5. The summed E-state index contributed by atoms with van der Waals surface area (Å²) >= 11 is 20.6. The molecule has 0 radical (unpaired) electrons. The number of ether oxygens (including phenoxy) is 3. The standard InChI is InChI=1S/2C30H31ClN6O3.C29H31ClN8O2/c2*1-3-26(39)36-11-13-37(14-12-36)29-24-17-25(31)27(23-16-21(38)15-19-7-4-5-9-22(19)23)32-28(24)33-30(34-29)40-18-20-8-6-10-35(20)2;1-3-24(39)37-11-13-38(14-12-37)28-21-16-22(30)26(25-20-9-5-4-7-18(20)15-23(31)32-25)33-27(21)34-29(35-28)40-17-19-8-6-10-36(19)2/h2*3-5,7,9,15-17,20,38H,1,6,8,10-14,18H2,2H3;3-5,7,9,15-16,19H,1,6,8,10-14,17H2,2H3,(H2,31,32)/t2*20-;19-/m000/s1. The van der Waals surface area contributed by atoms with E-state index >= 15 is 0 Å². The minimum atomic E-state index is -0.0791. The van der Waals surface area contributed by atoms with Gasteiger partial charge in [-0.1, -0.05) is 127 Å². The van der Waals surface area contributed by atoms with Crippen LogP contribution in [0.1, 0.15) is 38.5 Å². The molecule has 6 fully saturated rings. The number of nitrogens with zero attached hydrogens (tertiary/aromatic N) is 19. The summed E-state index contributed by atoms with van der Waals surface area (Å²) in [6.07, 6.45) is 10.7. The number of piperazine rings is 3. The number of anilines is 4. The molecule has 5 aromatic carbocycles. The fourth-order valence-corrected chi connectivity index (χ4v) is 17.5. The molecule has 12 aromatic rings. The molecule has 3 atom stereocenters. The third-order valence-corrected chi connectivity index (χ3v) is 24.3. The van der Waals surface area contributed by atoms with Gasteiger partial charge in [-0.15, -0.1) is 0 Å². The molecule has 0 spiro atoms. The largest absolute Gasteiger partial charge is 0.508 e. The van der Waals surface area contributed by atoms with Gasteiger partial charge < -0.3 is 74.3 Å². The lowest BCUT2D eigenvalue weighted by Crippen LogP contribution is -2.48. The van der Waals surface area contributed by atoms with Gasteiger partial charge >= 0.3 is 18.0 Å². The average molecular weight is 1680 g/mol. The van der Waals surface area contributed by atoms with Crippen molar-refractivity contribution in [3.8, 4) is 63.4 Å². The number of phenolic OH excluding ortho intramolecular Hbond substituents is 2. The highest BCUT2D eigenvalue weighted by atomic mass is 35.5. The Hall–Kier alpha value is -11.9. The maximum absolute atomic E-state index is 12.1. The van der Waals surface area contributed by atoms with Gasteiger partial charge in [-0.05, 0) is 173 Å². The van der Waals surface area contributed by atoms with Crippen LogP contribution in [0.2, 0.25) is 15.1 Å². The number of pyridine rings is 4. The van der Waals surface area contributed by atoms with Gasteiger partial charge in [0.05, 0.1) is 42.6 Å². The van der Waals surface area contributed by atoms with E-state index in [0.717, 1.165) is 90.5 Å². The SMILES string of the molecule is C=CC(=O)N1CCN(c2nc(OC[C@@H]3CCCN3C)nc3nc(-c4cc(O)cc5ccccc45)c(Cl)cc23)CC1.C=CC(=O)N1CCN(c2nc(OC[C@@H]3CCCN3C)nc3nc(-c4cc(O)cc5ccccc45)c(Cl)cc23)CC1.C=CC(=O)N1CCN(c2nc(OC[C@@H]3CCCN3C)nc3nc(-c4nc(N)cc5ccccc45)c(Cl)cc23)CC1. The van der Waals surface area contributed by atoms with Gasteiger partial charge in [0.2, 0.25) is 17.7 Å². The van der Waals surface area contributed by atoms with Crippen LogP contribution in [0.4, 0.5) is 23.3 Å². The molecule has 7 aromatic heterocycles. The summed E-state index contributed by atoms with van der Waals surface area (Å²) in [5.74, 6) is 2.43. The van der Waals surface area contributed by atoms with Crippen molar-refractivity contribution in [3.05, 3.63) is 174 Å². The zero-order valence-corrected chi connectivity index (χ0v) is 69.4. The van der Waals surface area contributed by atoms with E-state index in [4.69, 9.17) is 99.6 Å². The second-order valence-corrected chi connectivity index (χ2v) is 32.1. The van der Waals surface area contributed by atoms with Crippen molar-refractivity contribution in [1.82, 2.24) is 79.2 Å². The number of likely N-dealkylation sites (N-methyl/N-ethyl adjacent to an activating group) is 3. The zero-order valence-electron chi connectivity index (χ0n) is 67.2. The van der Waals surface area contributed by atoms with Crippen LogP contribution in [-0.4, -0.2) is 264 Å². The quantitative estimate of drug-likeness (QED) is 0.0672. The molecule has 120 heavy (non-hydrogen) atoms. The van der Waals surface area contributed by atoms with E-state index in [1.165, 1.54) is 18.2 Å². The lowest BCUT2D eigenvalue weighted by atomic mass is 10.0. The second kappa shape index (κ2) is 35.9. The number of aromatic nitrogens is 10. The molecule has 6 aliphatic rings. The fraction of sp³-hybridized carbons (Fsp3) is 0.337. The normalized spacial score (nSPS) is 18.0. The van der Waals surface area contributed by atoms with Crippen molar-refractivity contribution in [2.75, 3.05) is 160 Å². The summed E-state index contributed by atoms with van der Waals surface area (Å²) in [6.45, 7) is 22.3. The summed E-state index contributed by atoms with van der Waals surface area (Å²) in [7, 11) is 6.32. The number of benzene rings is 5. The number of carbonyl (C=O) groups excluding carboxylic acids is 3. The van der Waals surface area contributed by atoms with Crippen LogP contribution < -0.4 is 34.6 Å². The van der Waals surface area contributed by atoms with E-state index in [0.29, 0.717) is 222 Å². The van der Waals surface area contributed by atoms with Gasteiger partial charge in [0.25, 0.3) is 0 Å². The fourth-order valence-electron chi connectivity index (χ4n) is 16.7. The Morgan fingerprint density at radius 1 is 0.392 bits per heavy atom. The first-order chi connectivity index (χ1) is 58.2. The third-order valence-electron chi connectivity index (χ3n) is 23.4. The zero-order chi connectivity index (χ0) is 83.4. The van der Waals surface area contributed by atoms with Gasteiger partial charge in [-0.3, -0.25) is 14.4 Å².